The minimum Gasteiger partial charge on any atom is -0.369 e. The van der Waals surface area contributed by atoms with Crippen molar-refractivity contribution in [3.05, 3.63) is 65.7 Å². The van der Waals surface area contributed by atoms with Crippen LogP contribution in [-0.4, -0.2) is 40.5 Å². The largest absolute Gasteiger partial charge is 0.369 e. The molecule has 2 aromatic carbocycles. The summed E-state index contributed by atoms with van der Waals surface area (Å²) in [5, 5.41) is 7.34. The van der Waals surface area contributed by atoms with Crippen LogP contribution in [0.5, 0.6) is 0 Å². The summed E-state index contributed by atoms with van der Waals surface area (Å²) in [6, 6.07) is 10.2. The fourth-order valence-electron chi connectivity index (χ4n) is 3.99. The van der Waals surface area contributed by atoms with E-state index in [1.54, 1.807) is 6.20 Å². The summed E-state index contributed by atoms with van der Waals surface area (Å²) in [6.45, 7) is 11.9. The number of nitrogens with zero attached hydrogens (tertiary/aromatic N) is 4. The smallest absolute Gasteiger partial charge is 0.266 e. The lowest BCUT2D eigenvalue weighted by molar-refractivity contribution is 0.146. The van der Waals surface area contributed by atoms with Crippen LogP contribution in [0, 0.1) is 5.82 Å². The maximum Gasteiger partial charge on any atom is 0.266 e. The molecule has 2 N–H and O–H groups in total. The predicted molar refractivity (Wildman–Crippen MR) is 142 cm³/mol. The van der Waals surface area contributed by atoms with Crippen molar-refractivity contribution in [2.75, 3.05) is 36.4 Å². The van der Waals surface area contributed by atoms with Crippen molar-refractivity contribution in [2.45, 2.75) is 47.1 Å². The van der Waals surface area contributed by atoms with Crippen molar-refractivity contribution in [2.24, 2.45) is 0 Å². The van der Waals surface area contributed by atoms with E-state index < -0.39 is 17.8 Å². The molecule has 0 bridgehead atoms. The quantitative estimate of drug-likeness (QED) is 0.331. The summed E-state index contributed by atoms with van der Waals surface area (Å²) in [5.41, 5.74) is 1.55. The minimum absolute atomic E-state index is 0.0310. The Labute approximate surface area is 210 Å². The van der Waals surface area contributed by atoms with E-state index in [9.17, 15) is 13.2 Å². The van der Waals surface area contributed by atoms with Crippen molar-refractivity contribution in [1.29, 1.82) is 0 Å². The van der Waals surface area contributed by atoms with E-state index in [4.69, 9.17) is 0 Å². The van der Waals surface area contributed by atoms with E-state index in [1.165, 1.54) is 18.6 Å². The number of hydrogen-bond donors (Lipinski definition) is 2. The third-order valence-electron chi connectivity index (χ3n) is 5.60. The molecule has 1 fully saturated rings. The zero-order valence-electron chi connectivity index (χ0n) is 21.4. The maximum atomic E-state index is 14.5. The zero-order valence-corrected chi connectivity index (χ0v) is 21.4. The van der Waals surface area contributed by atoms with E-state index >= 15 is 0 Å². The highest BCUT2D eigenvalue weighted by Gasteiger charge is 2.18. The third-order valence-corrected chi connectivity index (χ3v) is 5.60. The number of anilines is 2. The molecular formula is C27H35F3N6. The Balaban J connectivity index is 0.000000674. The molecule has 4 aromatic rings. The number of fused-ring (bicyclic) bond motifs is 3. The molecule has 0 spiro atoms. The van der Waals surface area contributed by atoms with Gasteiger partial charge in [-0.3, -0.25) is 4.40 Å². The Morgan fingerprint density at radius 3 is 2.50 bits per heavy atom. The molecule has 2 aromatic heterocycles. The number of piperazine rings is 1. The second-order valence-electron chi connectivity index (χ2n) is 8.18. The molecule has 1 aliphatic heterocycles. The highest BCUT2D eigenvalue weighted by Crippen LogP contribution is 2.29. The number of rotatable bonds is 5. The highest BCUT2D eigenvalue weighted by molar-refractivity contribution is 5.93. The number of hydrogen-bond acceptors (Lipinski definition) is 5. The lowest BCUT2D eigenvalue weighted by Crippen LogP contribution is -2.43. The number of halogens is 3. The molecule has 0 saturated carbocycles. The minimum atomic E-state index is -2.86. The summed E-state index contributed by atoms with van der Waals surface area (Å²) in [5.74, 6) is 0.150. The van der Waals surface area contributed by atoms with Crippen molar-refractivity contribution >= 4 is 28.2 Å². The Bertz CT molecular complexity index is 1250. The van der Waals surface area contributed by atoms with Crippen molar-refractivity contribution in [1.82, 2.24) is 19.7 Å². The molecular weight excluding hydrogens is 465 g/mol. The Morgan fingerprint density at radius 1 is 1.08 bits per heavy atom. The number of nitrogens with one attached hydrogen (secondary N) is 2. The first-order chi connectivity index (χ1) is 17.5. The first-order valence-electron chi connectivity index (χ1n) is 12.5. The Hall–Kier alpha value is -3.33. The molecule has 3 heterocycles. The second kappa shape index (κ2) is 13.1. The van der Waals surface area contributed by atoms with Gasteiger partial charge in [-0.05, 0) is 18.2 Å². The number of alkyl halides is 2. The van der Waals surface area contributed by atoms with Gasteiger partial charge in [-0.2, -0.15) is 4.98 Å². The van der Waals surface area contributed by atoms with Gasteiger partial charge in [-0.25, -0.2) is 18.2 Å². The second-order valence-corrected chi connectivity index (χ2v) is 8.18. The normalized spacial score (nSPS) is 13.3. The third kappa shape index (κ3) is 6.07. The lowest BCUT2D eigenvalue weighted by atomic mass is 10.1. The topological polar surface area (TPSA) is 57.5 Å². The van der Waals surface area contributed by atoms with Crippen LogP contribution < -0.4 is 15.5 Å². The van der Waals surface area contributed by atoms with Crippen LogP contribution >= 0.6 is 0 Å². The van der Waals surface area contributed by atoms with Crippen LogP contribution in [0.4, 0.5) is 24.7 Å². The molecule has 0 aliphatic carbocycles. The van der Waals surface area contributed by atoms with E-state index in [0.717, 1.165) is 48.8 Å². The molecule has 0 unspecified atom stereocenters. The molecule has 0 atom stereocenters. The molecule has 5 rings (SSSR count). The molecule has 9 heteroatoms. The molecule has 0 radical (unpaired) electrons. The van der Waals surface area contributed by atoms with Gasteiger partial charge in [-0.15, -0.1) is 0 Å². The van der Waals surface area contributed by atoms with Gasteiger partial charge < -0.3 is 15.5 Å². The summed E-state index contributed by atoms with van der Waals surface area (Å²) >= 11 is 0. The van der Waals surface area contributed by atoms with Crippen LogP contribution in [0.2, 0.25) is 0 Å². The SMILES string of the molecule is CC.CCC.Fc1c(CNc2nc3nccn3c3ccc(N4CCNCC4)cc23)cccc1C(F)F. The molecule has 194 valence electrons. The van der Waals surface area contributed by atoms with Gasteiger partial charge in [-0.1, -0.05) is 52.3 Å². The first-order valence-corrected chi connectivity index (χ1v) is 12.5. The average molecular weight is 501 g/mol. The highest BCUT2D eigenvalue weighted by atomic mass is 19.3. The van der Waals surface area contributed by atoms with E-state index in [2.05, 4.69) is 51.5 Å². The molecule has 6 nitrogen and oxygen atoms in total. The van der Waals surface area contributed by atoms with Crippen molar-refractivity contribution in [3.63, 3.8) is 0 Å². The molecule has 0 amide bonds. The van der Waals surface area contributed by atoms with Crippen LogP contribution in [0.15, 0.2) is 48.8 Å². The van der Waals surface area contributed by atoms with Gasteiger partial charge in [0.2, 0.25) is 5.78 Å². The monoisotopic (exact) mass is 500 g/mol. The Kier molecular flexibility index (Phi) is 9.93. The average Bonchev–Trinajstić information content (AvgIpc) is 3.38. The standard InChI is InChI=1S/C22H21F3N6.C3H8.C2H6/c23-19-14(2-1-3-16(19)20(24)25)13-28-21-17-12-15(30-9-6-26-7-10-30)4-5-18(17)31-11-8-27-22(31)29-21;1-3-2;1-2/h1-5,8,11-12,20,26H,6-7,9-10,13H2,(H,27,28,29);3H2,1-2H3;1-2H3. The van der Waals surface area contributed by atoms with Crippen LogP contribution in [-0.2, 0) is 6.54 Å². The summed E-state index contributed by atoms with van der Waals surface area (Å²) < 4.78 is 42.5. The van der Waals surface area contributed by atoms with Gasteiger partial charge in [0, 0.05) is 61.8 Å². The summed E-state index contributed by atoms with van der Waals surface area (Å²) in [4.78, 5) is 11.2. The van der Waals surface area contributed by atoms with Crippen molar-refractivity contribution in [3.8, 4) is 0 Å². The van der Waals surface area contributed by atoms with E-state index in [0.29, 0.717) is 11.6 Å². The fraction of sp³-hybridized carbons (Fsp3) is 0.407. The Morgan fingerprint density at radius 2 is 1.81 bits per heavy atom. The first kappa shape index (κ1) is 27.3. The van der Waals surface area contributed by atoms with Crippen LogP contribution in [0.25, 0.3) is 16.7 Å². The van der Waals surface area contributed by atoms with Gasteiger partial charge in [0.1, 0.15) is 11.6 Å². The van der Waals surface area contributed by atoms with Crippen molar-refractivity contribution < 1.29 is 13.2 Å². The van der Waals surface area contributed by atoms with Crippen LogP contribution in [0.3, 0.4) is 0 Å². The van der Waals surface area contributed by atoms with Gasteiger partial charge in [0.25, 0.3) is 6.43 Å². The fourth-order valence-corrected chi connectivity index (χ4v) is 3.99. The maximum absolute atomic E-state index is 14.5. The predicted octanol–water partition coefficient (Wildman–Crippen LogP) is 6.42. The molecule has 1 saturated heterocycles. The lowest BCUT2D eigenvalue weighted by Gasteiger charge is -2.29. The van der Waals surface area contributed by atoms with E-state index in [1.807, 2.05) is 30.5 Å². The van der Waals surface area contributed by atoms with Gasteiger partial charge in [0.05, 0.1) is 11.1 Å². The van der Waals surface area contributed by atoms with Gasteiger partial charge >= 0.3 is 0 Å². The number of aromatic nitrogens is 3. The van der Waals surface area contributed by atoms with Crippen LogP contribution in [0.1, 0.15) is 51.7 Å². The molecule has 36 heavy (non-hydrogen) atoms. The van der Waals surface area contributed by atoms with Gasteiger partial charge in [0.15, 0.2) is 0 Å². The summed E-state index contributed by atoms with van der Waals surface area (Å²) in [6.07, 6.45) is 1.90. The summed E-state index contributed by atoms with van der Waals surface area (Å²) in [7, 11) is 0. The molecule has 1 aliphatic rings. The number of imidazole rings is 1. The van der Waals surface area contributed by atoms with E-state index in [-0.39, 0.29) is 12.1 Å². The number of benzene rings is 2. The zero-order chi connectivity index (χ0) is 26.1.